The lowest BCUT2D eigenvalue weighted by Crippen LogP contribution is -2.10. The van der Waals surface area contributed by atoms with Gasteiger partial charge in [-0.25, -0.2) is 0 Å². The van der Waals surface area contributed by atoms with Gasteiger partial charge in [0.1, 0.15) is 12.4 Å². The molecule has 0 bridgehead atoms. The van der Waals surface area contributed by atoms with Gasteiger partial charge >= 0.3 is 0 Å². The Kier molecular flexibility index (Phi) is 3.97. The van der Waals surface area contributed by atoms with Crippen LogP contribution in [0, 0.1) is 0 Å². The monoisotopic (exact) mass is 268 g/mol. The van der Waals surface area contributed by atoms with Gasteiger partial charge in [0, 0.05) is 0 Å². The van der Waals surface area contributed by atoms with Crippen LogP contribution < -0.4 is 4.74 Å². The normalized spacial score (nSPS) is 11.2. The van der Waals surface area contributed by atoms with Crippen molar-refractivity contribution in [1.29, 1.82) is 0 Å². The zero-order valence-corrected chi connectivity index (χ0v) is 11.1. The number of halogens is 1. The fourth-order valence-corrected chi connectivity index (χ4v) is 1.73. The molecule has 0 fully saturated rings. The first-order chi connectivity index (χ1) is 6.95. The highest BCUT2D eigenvalue weighted by Gasteiger charge is 2.14. The van der Waals surface area contributed by atoms with E-state index in [1.54, 1.807) is 6.08 Å². The Morgan fingerprint density at radius 3 is 2.53 bits per heavy atom. The van der Waals surface area contributed by atoms with Crippen molar-refractivity contribution in [3.05, 3.63) is 40.9 Å². The van der Waals surface area contributed by atoms with E-state index < -0.39 is 0 Å². The fraction of sp³-hybridized carbons (Fsp3) is 0.385. The van der Waals surface area contributed by atoms with E-state index in [1.165, 1.54) is 5.56 Å². The summed E-state index contributed by atoms with van der Waals surface area (Å²) in [5, 5.41) is 0. The number of hydrogen-bond donors (Lipinski definition) is 0. The van der Waals surface area contributed by atoms with Crippen LogP contribution in [0.4, 0.5) is 0 Å². The molecule has 82 valence electrons. The summed E-state index contributed by atoms with van der Waals surface area (Å²) in [6.45, 7) is 10.7. The van der Waals surface area contributed by atoms with E-state index >= 15 is 0 Å². The SMILES string of the molecule is C=CCOc1ccc(C(C)(C)C)cc1Br. The molecule has 0 aromatic heterocycles. The lowest BCUT2D eigenvalue weighted by atomic mass is 9.87. The summed E-state index contributed by atoms with van der Waals surface area (Å²) in [6.07, 6.45) is 1.74. The van der Waals surface area contributed by atoms with Crippen molar-refractivity contribution in [3.8, 4) is 5.75 Å². The van der Waals surface area contributed by atoms with Crippen LogP contribution in [-0.4, -0.2) is 6.61 Å². The molecule has 0 heterocycles. The van der Waals surface area contributed by atoms with Gasteiger partial charge in [-0.2, -0.15) is 0 Å². The summed E-state index contributed by atoms with van der Waals surface area (Å²) in [7, 11) is 0. The fourth-order valence-electron chi connectivity index (χ4n) is 1.23. The highest BCUT2D eigenvalue weighted by molar-refractivity contribution is 9.10. The summed E-state index contributed by atoms with van der Waals surface area (Å²) >= 11 is 3.51. The van der Waals surface area contributed by atoms with E-state index in [0.717, 1.165) is 10.2 Å². The zero-order valence-electron chi connectivity index (χ0n) is 9.51. The van der Waals surface area contributed by atoms with Gasteiger partial charge in [-0.15, -0.1) is 0 Å². The molecule has 0 aliphatic heterocycles. The van der Waals surface area contributed by atoms with Crippen LogP contribution >= 0.6 is 15.9 Å². The molecule has 1 aromatic rings. The molecule has 2 heteroatoms. The molecule has 0 aliphatic carbocycles. The van der Waals surface area contributed by atoms with Crippen LogP contribution in [0.2, 0.25) is 0 Å². The summed E-state index contributed by atoms with van der Waals surface area (Å²) < 4.78 is 6.49. The van der Waals surface area contributed by atoms with Crippen LogP contribution in [-0.2, 0) is 5.41 Å². The van der Waals surface area contributed by atoms with Gasteiger partial charge in [0.25, 0.3) is 0 Å². The first-order valence-electron chi connectivity index (χ1n) is 4.99. The van der Waals surface area contributed by atoms with E-state index in [2.05, 4.69) is 55.4 Å². The van der Waals surface area contributed by atoms with Crippen LogP contribution in [0.3, 0.4) is 0 Å². The van der Waals surface area contributed by atoms with Crippen LogP contribution in [0.15, 0.2) is 35.3 Å². The molecule has 0 atom stereocenters. The van der Waals surface area contributed by atoms with E-state index in [9.17, 15) is 0 Å². The minimum Gasteiger partial charge on any atom is -0.488 e. The van der Waals surface area contributed by atoms with Crippen molar-refractivity contribution in [2.24, 2.45) is 0 Å². The molecule has 1 rings (SSSR count). The van der Waals surface area contributed by atoms with E-state index in [-0.39, 0.29) is 5.41 Å². The Morgan fingerprint density at radius 2 is 2.07 bits per heavy atom. The Balaban J connectivity index is 2.93. The Hall–Kier alpha value is -0.760. The first-order valence-corrected chi connectivity index (χ1v) is 5.78. The van der Waals surface area contributed by atoms with Crippen molar-refractivity contribution in [3.63, 3.8) is 0 Å². The second-order valence-corrected chi connectivity index (χ2v) is 5.35. The standard InChI is InChI=1S/C13H17BrO/c1-5-8-15-12-7-6-10(9-11(12)14)13(2,3)4/h5-7,9H,1,8H2,2-4H3. The molecular formula is C13H17BrO. The van der Waals surface area contributed by atoms with Gasteiger partial charge in [-0.05, 0) is 39.0 Å². The van der Waals surface area contributed by atoms with E-state index in [1.807, 2.05) is 6.07 Å². The molecule has 0 radical (unpaired) electrons. The molecule has 0 unspecified atom stereocenters. The summed E-state index contributed by atoms with van der Waals surface area (Å²) in [5.74, 6) is 0.864. The number of ether oxygens (including phenoxy) is 1. The highest BCUT2D eigenvalue weighted by atomic mass is 79.9. The Bertz CT molecular complexity index is 350. The molecule has 0 N–H and O–H groups in total. The Morgan fingerprint density at radius 1 is 1.40 bits per heavy atom. The van der Waals surface area contributed by atoms with Crippen molar-refractivity contribution >= 4 is 15.9 Å². The van der Waals surface area contributed by atoms with Crippen LogP contribution in [0.1, 0.15) is 26.3 Å². The zero-order chi connectivity index (χ0) is 11.5. The number of hydrogen-bond acceptors (Lipinski definition) is 1. The molecule has 0 aliphatic rings. The predicted octanol–water partition coefficient (Wildman–Crippen LogP) is 4.31. The maximum absolute atomic E-state index is 5.49. The topological polar surface area (TPSA) is 9.23 Å². The van der Waals surface area contributed by atoms with Crippen molar-refractivity contribution < 1.29 is 4.74 Å². The van der Waals surface area contributed by atoms with Crippen molar-refractivity contribution in [2.45, 2.75) is 26.2 Å². The molecule has 0 saturated carbocycles. The van der Waals surface area contributed by atoms with Crippen molar-refractivity contribution in [2.75, 3.05) is 6.61 Å². The van der Waals surface area contributed by atoms with Crippen LogP contribution in [0.25, 0.3) is 0 Å². The molecule has 0 spiro atoms. The third-order valence-corrected chi connectivity index (χ3v) is 2.77. The van der Waals surface area contributed by atoms with Crippen LogP contribution in [0.5, 0.6) is 5.75 Å². The second-order valence-electron chi connectivity index (χ2n) is 4.49. The average molecular weight is 269 g/mol. The average Bonchev–Trinajstić information content (AvgIpc) is 2.14. The van der Waals surface area contributed by atoms with E-state index in [4.69, 9.17) is 4.74 Å². The largest absolute Gasteiger partial charge is 0.488 e. The molecular weight excluding hydrogens is 252 g/mol. The Labute approximate surface area is 100 Å². The minimum atomic E-state index is 0.166. The first kappa shape index (κ1) is 12.3. The summed E-state index contributed by atoms with van der Waals surface area (Å²) in [4.78, 5) is 0. The third kappa shape index (κ3) is 3.38. The molecule has 1 aromatic carbocycles. The van der Waals surface area contributed by atoms with E-state index in [0.29, 0.717) is 6.61 Å². The lowest BCUT2D eigenvalue weighted by Gasteiger charge is -2.20. The second kappa shape index (κ2) is 4.84. The van der Waals surface area contributed by atoms with Gasteiger partial charge in [-0.3, -0.25) is 0 Å². The van der Waals surface area contributed by atoms with Gasteiger partial charge < -0.3 is 4.74 Å². The quantitative estimate of drug-likeness (QED) is 0.743. The maximum atomic E-state index is 5.49. The van der Waals surface area contributed by atoms with Crippen molar-refractivity contribution in [1.82, 2.24) is 0 Å². The lowest BCUT2D eigenvalue weighted by molar-refractivity contribution is 0.360. The molecule has 0 amide bonds. The number of rotatable bonds is 3. The van der Waals surface area contributed by atoms with Gasteiger partial charge in [0.05, 0.1) is 4.47 Å². The molecule has 0 saturated heterocycles. The predicted molar refractivity (Wildman–Crippen MR) is 68.5 cm³/mol. The summed E-state index contributed by atoms with van der Waals surface area (Å²) in [5.41, 5.74) is 1.46. The van der Waals surface area contributed by atoms with Gasteiger partial charge in [-0.1, -0.05) is 39.5 Å². The molecule has 15 heavy (non-hydrogen) atoms. The van der Waals surface area contributed by atoms with Gasteiger partial charge in [0.15, 0.2) is 0 Å². The third-order valence-electron chi connectivity index (χ3n) is 2.15. The maximum Gasteiger partial charge on any atom is 0.133 e. The highest BCUT2D eigenvalue weighted by Crippen LogP contribution is 2.31. The minimum absolute atomic E-state index is 0.166. The van der Waals surface area contributed by atoms with Gasteiger partial charge in [0.2, 0.25) is 0 Å². The smallest absolute Gasteiger partial charge is 0.133 e. The number of benzene rings is 1. The molecule has 1 nitrogen and oxygen atoms in total. The summed E-state index contributed by atoms with van der Waals surface area (Å²) in [6, 6.07) is 6.20.